The van der Waals surface area contributed by atoms with Gasteiger partial charge >= 0.3 is 6.01 Å². The predicted molar refractivity (Wildman–Crippen MR) is 61.4 cm³/mol. The Hall–Kier alpha value is -1.82. The van der Waals surface area contributed by atoms with E-state index in [0.717, 1.165) is 17.9 Å². The predicted octanol–water partition coefficient (Wildman–Crippen LogP) is 1.10. The quantitative estimate of drug-likeness (QED) is 0.813. The number of nitrogens with one attached hydrogen (secondary N) is 1. The van der Waals surface area contributed by atoms with Crippen molar-refractivity contribution in [2.24, 2.45) is 7.05 Å². The topological polar surface area (TPSA) is 65.1 Å². The third-order valence-electron chi connectivity index (χ3n) is 2.31. The molecule has 2 rings (SSSR count). The summed E-state index contributed by atoms with van der Waals surface area (Å²) >= 11 is 0. The fourth-order valence-electron chi connectivity index (χ4n) is 1.42. The van der Waals surface area contributed by atoms with Crippen LogP contribution in [0.5, 0.6) is 6.01 Å². The summed E-state index contributed by atoms with van der Waals surface area (Å²) in [6, 6.07) is 2.28. The molecule has 92 valence electrons. The summed E-state index contributed by atoms with van der Waals surface area (Å²) in [5.41, 5.74) is 1.01. The largest absolute Gasteiger partial charge is 0.468 e. The fourth-order valence-corrected chi connectivity index (χ4v) is 1.42. The molecule has 1 N–H and O–H groups in total. The van der Waals surface area contributed by atoms with E-state index in [1.54, 1.807) is 24.3 Å². The lowest BCUT2D eigenvalue weighted by Gasteiger charge is -2.03. The van der Waals surface area contributed by atoms with Crippen molar-refractivity contribution in [2.45, 2.75) is 20.1 Å². The van der Waals surface area contributed by atoms with E-state index in [9.17, 15) is 0 Å². The number of ether oxygens (including phenoxy) is 1. The lowest BCUT2D eigenvalue weighted by molar-refractivity contribution is 0.276. The van der Waals surface area contributed by atoms with E-state index >= 15 is 0 Å². The molecule has 0 saturated heterocycles. The first-order chi connectivity index (χ1) is 8.29. The van der Waals surface area contributed by atoms with Gasteiger partial charge in [-0.05, 0) is 12.6 Å². The molecule has 0 atom stereocenters. The molecule has 2 aromatic rings. The van der Waals surface area contributed by atoms with Crippen molar-refractivity contribution in [3.63, 3.8) is 0 Å². The molecule has 0 radical (unpaired) electrons. The van der Waals surface area contributed by atoms with Gasteiger partial charge in [0.1, 0.15) is 18.7 Å². The first kappa shape index (κ1) is 11.7. The fraction of sp³-hybridized carbons (Fsp3) is 0.455. The maximum absolute atomic E-state index is 5.46. The third kappa shape index (κ3) is 3.07. The van der Waals surface area contributed by atoms with E-state index in [4.69, 9.17) is 9.15 Å². The normalized spacial score (nSPS) is 10.7. The Morgan fingerprint density at radius 1 is 1.53 bits per heavy atom. The molecular weight excluding hydrogens is 220 g/mol. The number of furan rings is 1. The van der Waals surface area contributed by atoms with Crippen LogP contribution in [0.4, 0.5) is 0 Å². The highest BCUT2D eigenvalue weighted by Crippen LogP contribution is 2.12. The third-order valence-corrected chi connectivity index (χ3v) is 2.31. The Morgan fingerprint density at radius 2 is 2.41 bits per heavy atom. The lowest BCUT2D eigenvalue weighted by Crippen LogP contribution is -2.12. The maximum Gasteiger partial charge on any atom is 0.335 e. The molecule has 0 amide bonds. The van der Waals surface area contributed by atoms with Crippen LogP contribution in [-0.2, 0) is 20.2 Å². The first-order valence-corrected chi connectivity index (χ1v) is 5.54. The summed E-state index contributed by atoms with van der Waals surface area (Å²) < 4.78 is 12.4. The van der Waals surface area contributed by atoms with Gasteiger partial charge in [-0.25, -0.2) is 0 Å². The first-order valence-electron chi connectivity index (χ1n) is 5.54. The highest BCUT2D eigenvalue weighted by molar-refractivity contribution is 5.16. The van der Waals surface area contributed by atoms with E-state index in [2.05, 4.69) is 22.3 Å². The van der Waals surface area contributed by atoms with E-state index in [1.165, 1.54) is 0 Å². The van der Waals surface area contributed by atoms with Gasteiger partial charge in [-0.1, -0.05) is 6.92 Å². The Morgan fingerprint density at radius 3 is 3.12 bits per heavy atom. The van der Waals surface area contributed by atoms with Crippen molar-refractivity contribution in [1.82, 2.24) is 20.1 Å². The molecule has 0 saturated carbocycles. The minimum Gasteiger partial charge on any atom is -0.468 e. The van der Waals surface area contributed by atoms with Gasteiger partial charge in [-0.3, -0.25) is 4.68 Å². The van der Waals surface area contributed by atoms with Gasteiger partial charge in [-0.2, -0.15) is 4.98 Å². The molecule has 0 aromatic carbocycles. The van der Waals surface area contributed by atoms with E-state index < -0.39 is 0 Å². The molecule has 0 bridgehead atoms. The zero-order valence-electron chi connectivity index (χ0n) is 10.0. The van der Waals surface area contributed by atoms with Crippen molar-refractivity contribution in [2.75, 3.05) is 6.54 Å². The summed E-state index contributed by atoms with van der Waals surface area (Å²) in [6.07, 6.45) is 3.27. The van der Waals surface area contributed by atoms with Gasteiger partial charge in [0.2, 0.25) is 0 Å². The van der Waals surface area contributed by atoms with Crippen LogP contribution in [0, 0.1) is 0 Å². The van der Waals surface area contributed by atoms with E-state index in [1.807, 2.05) is 6.07 Å². The second kappa shape index (κ2) is 5.49. The van der Waals surface area contributed by atoms with Gasteiger partial charge in [0.15, 0.2) is 0 Å². The smallest absolute Gasteiger partial charge is 0.335 e. The summed E-state index contributed by atoms with van der Waals surface area (Å²) in [6.45, 7) is 4.08. The Balaban J connectivity index is 1.92. The average molecular weight is 236 g/mol. The molecular formula is C11H16N4O2. The SMILES string of the molecule is CCNCc1occc1COc1ncn(C)n1. The number of nitrogens with zero attached hydrogens (tertiary/aromatic N) is 3. The van der Waals surface area contributed by atoms with Crippen LogP contribution in [0.3, 0.4) is 0 Å². The van der Waals surface area contributed by atoms with Crippen molar-refractivity contribution >= 4 is 0 Å². The Kier molecular flexibility index (Phi) is 3.77. The van der Waals surface area contributed by atoms with Crippen LogP contribution < -0.4 is 10.1 Å². The minimum absolute atomic E-state index is 0.378. The number of hydrogen-bond donors (Lipinski definition) is 1. The summed E-state index contributed by atoms with van der Waals surface area (Å²) in [5.74, 6) is 0.891. The molecule has 0 unspecified atom stereocenters. The van der Waals surface area contributed by atoms with Crippen LogP contribution >= 0.6 is 0 Å². The monoisotopic (exact) mass is 236 g/mol. The number of hydrogen-bond acceptors (Lipinski definition) is 5. The van der Waals surface area contributed by atoms with Crippen molar-refractivity contribution in [3.05, 3.63) is 30.0 Å². The van der Waals surface area contributed by atoms with Crippen LogP contribution in [0.25, 0.3) is 0 Å². The number of aryl methyl sites for hydroxylation is 1. The van der Waals surface area contributed by atoms with Crippen LogP contribution in [0.2, 0.25) is 0 Å². The molecule has 2 aromatic heterocycles. The van der Waals surface area contributed by atoms with Crippen LogP contribution in [0.15, 0.2) is 23.1 Å². The summed E-state index contributed by atoms with van der Waals surface area (Å²) in [4.78, 5) is 3.99. The zero-order chi connectivity index (χ0) is 12.1. The molecule has 2 heterocycles. The summed E-state index contributed by atoms with van der Waals surface area (Å²) in [7, 11) is 1.80. The summed E-state index contributed by atoms with van der Waals surface area (Å²) in [5, 5.41) is 7.25. The lowest BCUT2D eigenvalue weighted by atomic mass is 10.2. The molecule has 0 aliphatic carbocycles. The molecule has 17 heavy (non-hydrogen) atoms. The Labute approximate surface area is 99.6 Å². The molecule has 0 aliphatic rings. The van der Waals surface area contributed by atoms with Gasteiger partial charge < -0.3 is 14.5 Å². The highest BCUT2D eigenvalue weighted by atomic mass is 16.5. The second-order valence-corrected chi connectivity index (χ2v) is 3.64. The van der Waals surface area contributed by atoms with E-state index in [0.29, 0.717) is 19.2 Å². The van der Waals surface area contributed by atoms with Gasteiger partial charge in [0, 0.05) is 12.6 Å². The highest BCUT2D eigenvalue weighted by Gasteiger charge is 2.07. The molecule has 6 heteroatoms. The molecule has 0 aliphatic heterocycles. The van der Waals surface area contributed by atoms with Gasteiger partial charge in [0.05, 0.1) is 12.8 Å². The number of aromatic nitrogens is 3. The Bertz CT molecular complexity index is 463. The van der Waals surface area contributed by atoms with Crippen molar-refractivity contribution < 1.29 is 9.15 Å². The standard InChI is InChI=1S/C11H16N4O2/c1-3-12-6-10-9(4-5-16-10)7-17-11-13-8-15(2)14-11/h4-5,8,12H,3,6-7H2,1-2H3. The zero-order valence-corrected chi connectivity index (χ0v) is 10.0. The average Bonchev–Trinajstić information content (AvgIpc) is 2.92. The van der Waals surface area contributed by atoms with Gasteiger partial charge in [0.25, 0.3) is 0 Å². The second-order valence-electron chi connectivity index (χ2n) is 3.64. The molecule has 6 nitrogen and oxygen atoms in total. The molecule has 0 spiro atoms. The van der Waals surface area contributed by atoms with E-state index in [-0.39, 0.29) is 0 Å². The van der Waals surface area contributed by atoms with Gasteiger partial charge in [-0.15, -0.1) is 5.10 Å². The van der Waals surface area contributed by atoms with Crippen molar-refractivity contribution in [3.8, 4) is 6.01 Å². The van der Waals surface area contributed by atoms with Crippen LogP contribution in [0.1, 0.15) is 18.2 Å². The maximum atomic E-state index is 5.46. The molecule has 0 fully saturated rings. The van der Waals surface area contributed by atoms with Crippen molar-refractivity contribution in [1.29, 1.82) is 0 Å². The number of rotatable bonds is 6. The minimum atomic E-state index is 0.378. The van der Waals surface area contributed by atoms with Crippen LogP contribution in [-0.4, -0.2) is 21.3 Å².